The van der Waals surface area contributed by atoms with Gasteiger partial charge in [0.15, 0.2) is 16.4 Å². The molecule has 1 N–H and O–H groups in total. The van der Waals surface area contributed by atoms with Crippen LogP contribution >= 0.6 is 0 Å². The number of nitrogens with one attached hydrogen (secondary N) is 1. The molecule has 0 saturated carbocycles. The lowest BCUT2D eigenvalue weighted by Gasteiger charge is -2.19. The highest BCUT2D eigenvalue weighted by molar-refractivity contribution is 7.91. The van der Waals surface area contributed by atoms with Crippen molar-refractivity contribution in [3.63, 3.8) is 0 Å². The standard InChI is InChI=1S/C24H24FNO4S/c1-17-8-9-18(2)22(14-17)30-16-24(27)26-15-23(19-6-4-3-5-7-19)31(28,29)21-12-10-20(25)11-13-21/h3-14,23H,15-16H2,1-2H3,(H,26,27). The summed E-state index contributed by atoms with van der Waals surface area (Å²) < 4.78 is 45.3. The quantitative estimate of drug-likeness (QED) is 0.533. The summed E-state index contributed by atoms with van der Waals surface area (Å²) in [7, 11) is -3.87. The summed E-state index contributed by atoms with van der Waals surface area (Å²) in [5, 5.41) is 1.63. The van der Waals surface area contributed by atoms with Gasteiger partial charge in [-0.2, -0.15) is 0 Å². The Hall–Kier alpha value is -3.19. The monoisotopic (exact) mass is 441 g/mol. The lowest BCUT2D eigenvalue weighted by atomic mass is 10.1. The summed E-state index contributed by atoms with van der Waals surface area (Å²) in [6, 6.07) is 19.0. The number of amides is 1. The van der Waals surface area contributed by atoms with Crippen LogP contribution in [0.5, 0.6) is 5.75 Å². The summed E-state index contributed by atoms with van der Waals surface area (Å²) >= 11 is 0. The minimum atomic E-state index is -3.87. The summed E-state index contributed by atoms with van der Waals surface area (Å²) in [6.07, 6.45) is 0. The van der Waals surface area contributed by atoms with Crippen molar-refractivity contribution in [2.75, 3.05) is 13.2 Å². The SMILES string of the molecule is Cc1ccc(C)c(OCC(=O)NCC(c2ccccc2)S(=O)(=O)c2ccc(F)cc2)c1. The van der Waals surface area contributed by atoms with Crippen LogP contribution in [-0.2, 0) is 14.6 Å². The van der Waals surface area contributed by atoms with Crippen LogP contribution in [0.2, 0.25) is 0 Å². The molecular weight excluding hydrogens is 417 g/mol. The van der Waals surface area contributed by atoms with Gasteiger partial charge in [-0.3, -0.25) is 4.79 Å². The maximum atomic E-state index is 13.3. The van der Waals surface area contributed by atoms with Crippen molar-refractivity contribution in [3.05, 3.63) is 95.3 Å². The number of benzene rings is 3. The highest BCUT2D eigenvalue weighted by Gasteiger charge is 2.29. The molecule has 0 fully saturated rings. The van der Waals surface area contributed by atoms with Crippen molar-refractivity contribution < 1.29 is 22.3 Å². The van der Waals surface area contributed by atoms with Crippen molar-refractivity contribution in [1.82, 2.24) is 5.32 Å². The molecule has 3 rings (SSSR count). The van der Waals surface area contributed by atoms with E-state index in [9.17, 15) is 17.6 Å². The summed E-state index contributed by atoms with van der Waals surface area (Å²) in [5.74, 6) is -0.350. The number of sulfone groups is 1. The smallest absolute Gasteiger partial charge is 0.257 e. The summed E-state index contributed by atoms with van der Waals surface area (Å²) in [4.78, 5) is 12.4. The third-order valence-electron chi connectivity index (χ3n) is 4.88. The van der Waals surface area contributed by atoms with Crippen molar-refractivity contribution in [2.45, 2.75) is 24.0 Å². The molecule has 162 valence electrons. The number of aryl methyl sites for hydroxylation is 2. The van der Waals surface area contributed by atoms with E-state index < -0.39 is 26.8 Å². The van der Waals surface area contributed by atoms with Crippen LogP contribution in [-0.4, -0.2) is 27.5 Å². The second kappa shape index (κ2) is 9.75. The first-order chi connectivity index (χ1) is 14.8. The second-order valence-electron chi connectivity index (χ2n) is 7.26. The van der Waals surface area contributed by atoms with E-state index >= 15 is 0 Å². The van der Waals surface area contributed by atoms with Crippen molar-refractivity contribution >= 4 is 15.7 Å². The minimum absolute atomic E-state index is 0.0105. The lowest BCUT2D eigenvalue weighted by molar-refractivity contribution is -0.123. The lowest BCUT2D eigenvalue weighted by Crippen LogP contribution is -2.35. The molecule has 0 spiro atoms. The Kier molecular flexibility index (Phi) is 7.07. The van der Waals surface area contributed by atoms with Gasteiger partial charge in [0.1, 0.15) is 16.8 Å². The number of rotatable bonds is 8. The van der Waals surface area contributed by atoms with Crippen molar-refractivity contribution in [1.29, 1.82) is 0 Å². The van der Waals surface area contributed by atoms with Crippen LogP contribution in [0.15, 0.2) is 77.7 Å². The van der Waals surface area contributed by atoms with Gasteiger partial charge >= 0.3 is 0 Å². The Labute approximate surface area is 181 Å². The Bertz CT molecular complexity index is 1150. The molecule has 1 atom stereocenters. The predicted octanol–water partition coefficient (Wildman–Crippen LogP) is 4.15. The molecule has 1 amide bonds. The summed E-state index contributed by atoms with van der Waals surface area (Å²) in [5.41, 5.74) is 2.44. The average Bonchev–Trinajstić information content (AvgIpc) is 2.75. The van der Waals surface area contributed by atoms with Crippen LogP contribution in [0.4, 0.5) is 4.39 Å². The maximum absolute atomic E-state index is 13.3. The maximum Gasteiger partial charge on any atom is 0.257 e. The van der Waals surface area contributed by atoms with E-state index in [1.807, 2.05) is 32.0 Å². The van der Waals surface area contributed by atoms with Gasteiger partial charge in [0.25, 0.3) is 5.91 Å². The zero-order valence-electron chi connectivity index (χ0n) is 17.3. The van der Waals surface area contributed by atoms with Gasteiger partial charge < -0.3 is 10.1 Å². The number of hydrogen-bond donors (Lipinski definition) is 1. The Morgan fingerprint density at radius 2 is 1.68 bits per heavy atom. The van der Waals surface area contributed by atoms with Gasteiger partial charge in [0.2, 0.25) is 0 Å². The van der Waals surface area contributed by atoms with E-state index in [1.54, 1.807) is 30.3 Å². The Morgan fingerprint density at radius 1 is 1.00 bits per heavy atom. The van der Waals surface area contributed by atoms with Gasteiger partial charge in [-0.15, -0.1) is 0 Å². The molecular formula is C24H24FNO4S. The van der Waals surface area contributed by atoms with E-state index in [1.165, 1.54) is 12.1 Å². The highest BCUT2D eigenvalue weighted by atomic mass is 32.2. The summed E-state index contributed by atoms with van der Waals surface area (Å²) in [6.45, 7) is 3.44. The average molecular weight is 442 g/mol. The van der Waals surface area contributed by atoms with Gasteiger partial charge in [0.05, 0.1) is 4.90 Å². The van der Waals surface area contributed by atoms with Crippen LogP contribution in [0, 0.1) is 19.7 Å². The zero-order chi connectivity index (χ0) is 22.4. The van der Waals surface area contributed by atoms with Gasteiger partial charge in [-0.25, -0.2) is 12.8 Å². The fourth-order valence-corrected chi connectivity index (χ4v) is 4.79. The topological polar surface area (TPSA) is 72.5 Å². The predicted molar refractivity (Wildman–Crippen MR) is 117 cm³/mol. The minimum Gasteiger partial charge on any atom is -0.483 e. The third-order valence-corrected chi connectivity index (χ3v) is 6.99. The molecule has 0 saturated heterocycles. The van der Waals surface area contributed by atoms with E-state index in [0.29, 0.717) is 11.3 Å². The molecule has 0 bridgehead atoms. The molecule has 0 aliphatic heterocycles. The van der Waals surface area contributed by atoms with E-state index in [2.05, 4.69) is 5.32 Å². The normalized spacial score (nSPS) is 12.2. The number of carbonyl (C=O) groups is 1. The van der Waals surface area contributed by atoms with E-state index in [-0.39, 0.29) is 18.0 Å². The number of halogens is 1. The molecule has 3 aromatic carbocycles. The van der Waals surface area contributed by atoms with E-state index in [4.69, 9.17) is 4.74 Å². The molecule has 0 aromatic heterocycles. The molecule has 1 unspecified atom stereocenters. The number of carbonyl (C=O) groups excluding carboxylic acids is 1. The zero-order valence-corrected chi connectivity index (χ0v) is 18.2. The van der Waals surface area contributed by atoms with Gasteiger partial charge in [0, 0.05) is 6.54 Å². The fraction of sp³-hybridized carbons (Fsp3) is 0.208. The van der Waals surface area contributed by atoms with Gasteiger partial charge in [-0.1, -0.05) is 42.5 Å². The Morgan fingerprint density at radius 3 is 2.35 bits per heavy atom. The van der Waals surface area contributed by atoms with Crippen LogP contribution < -0.4 is 10.1 Å². The van der Waals surface area contributed by atoms with Crippen LogP contribution in [0.1, 0.15) is 21.9 Å². The number of ether oxygens (including phenoxy) is 1. The molecule has 0 heterocycles. The molecule has 5 nitrogen and oxygen atoms in total. The van der Waals surface area contributed by atoms with Crippen molar-refractivity contribution in [2.24, 2.45) is 0 Å². The Balaban J connectivity index is 1.74. The molecule has 0 radical (unpaired) electrons. The molecule has 0 aliphatic carbocycles. The molecule has 7 heteroatoms. The first kappa shape index (κ1) is 22.5. The van der Waals surface area contributed by atoms with Crippen LogP contribution in [0.3, 0.4) is 0 Å². The van der Waals surface area contributed by atoms with Gasteiger partial charge in [-0.05, 0) is 60.9 Å². The fourth-order valence-electron chi connectivity index (χ4n) is 3.13. The third kappa shape index (κ3) is 5.70. The number of hydrogen-bond acceptors (Lipinski definition) is 4. The van der Waals surface area contributed by atoms with Crippen LogP contribution in [0.25, 0.3) is 0 Å². The second-order valence-corrected chi connectivity index (χ2v) is 9.39. The molecule has 31 heavy (non-hydrogen) atoms. The first-order valence-corrected chi connectivity index (χ1v) is 11.3. The first-order valence-electron chi connectivity index (χ1n) is 9.78. The van der Waals surface area contributed by atoms with Crippen molar-refractivity contribution in [3.8, 4) is 5.75 Å². The molecule has 0 aliphatic rings. The molecule has 3 aromatic rings. The largest absolute Gasteiger partial charge is 0.483 e. The van der Waals surface area contributed by atoms with E-state index in [0.717, 1.165) is 23.3 Å². The highest BCUT2D eigenvalue weighted by Crippen LogP contribution is 2.28.